The Labute approximate surface area is 111 Å². The molecule has 5 heteroatoms. The monoisotopic (exact) mass is 256 g/mol. The Hall–Kier alpha value is -2.30. The standard InChI is InChI=1S/C14H16N4O/c1-9-13(10(2)17(3)16-9)11-8-18-7-5-6-12(19-4)14(18)15-11/h5-8H,1-4H3. The summed E-state index contributed by atoms with van der Waals surface area (Å²) < 4.78 is 9.19. The Bertz CT molecular complexity index is 754. The van der Waals surface area contributed by atoms with Gasteiger partial charge in [0, 0.05) is 30.7 Å². The molecule has 3 rings (SSSR count). The van der Waals surface area contributed by atoms with Crippen LogP contribution < -0.4 is 4.74 Å². The second kappa shape index (κ2) is 4.12. The third-order valence-corrected chi connectivity index (χ3v) is 3.43. The van der Waals surface area contributed by atoms with Gasteiger partial charge in [0.1, 0.15) is 0 Å². The molecule has 3 aromatic rings. The first-order valence-electron chi connectivity index (χ1n) is 6.14. The first-order valence-corrected chi connectivity index (χ1v) is 6.14. The van der Waals surface area contributed by atoms with E-state index in [1.54, 1.807) is 7.11 Å². The van der Waals surface area contributed by atoms with Crippen molar-refractivity contribution in [1.82, 2.24) is 19.2 Å². The Morgan fingerprint density at radius 3 is 2.68 bits per heavy atom. The number of hydrogen-bond acceptors (Lipinski definition) is 3. The summed E-state index contributed by atoms with van der Waals surface area (Å²) in [6.07, 6.45) is 3.98. The summed E-state index contributed by atoms with van der Waals surface area (Å²) in [5.41, 5.74) is 4.94. The molecule has 0 aliphatic carbocycles. The molecule has 0 fully saturated rings. The Kier molecular flexibility index (Phi) is 2.55. The van der Waals surface area contributed by atoms with Gasteiger partial charge < -0.3 is 9.14 Å². The van der Waals surface area contributed by atoms with E-state index in [2.05, 4.69) is 17.0 Å². The number of pyridine rings is 1. The zero-order valence-corrected chi connectivity index (χ0v) is 11.5. The number of nitrogens with zero attached hydrogens (tertiary/aromatic N) is 4. The topological polar surface area (TPSA) is 44.4 Å². The molecule has 19 heavy (non-hydrogen) atoms. The van der Waals surface area contributed by atoms with Crippen molar-refractivity contribution in [3.63, 3.8) is 0 Å². The second-order valence-electron chi connectivity index (χ2n) is 4.60. The lowest BCUT2D eigenvalue weighted by molar-refractivity contribution is 0.417. The first-order chi connectivity index (χ1) is 9.11. The highest BCUT2D eigenvalue weighted by Gasteiger charge is 2.15. The molecule has 0 radical (unpaired) electrons. The Morgan fingerprint density at radius 1 is 1.26 bits per heavy atom. The van der Waals surface area contributed by atoms with Gasteiger partial charge in [-0.2, -0.15) is 5.10 Å². The molecule has 5 nitrogen and oxygen atoms in total. The average Bonchev–Trinajstić information content (AvgIpc) is 2.90. The van der Waals surface area contributed by atoms with Crippen LogP contribution in [0.25, 0.3) is 16.9 Å². The quantitative estimate of drug-likeness (QED) is 0.707. The number of imidazole rings is 1. The van der Waals surface area contributed by atoms with E-state index in [4.69, 9.17) is 4.74 Å². The van der Waals surface area contributed by atoms with Crippen LogP contribution >= 0.6 is 0 Å². The van der Waals surface area contributed by atoms with Gasteiger partial charge in [0.25, 0.3) is 0 Å². The second-order valence-corrected chi connectivity index (χ2v) is 4.60. The minimum atomic E-state index is 0.771. The van der Waals surface area contributed by atoms with Crippen LogP contribution in [0.1, 0.15) is 11.4 Å². The summed E-state index contributed by atoms with van der Waals surface area (Å²) in [6.45, 7) is 4.06. The molecule has 98 valence electrons. The number of fused-ring (bicyclic) bond motifs is 1. The van der Waals surface area contributed by atoms with Crippen LogP contribution in [0.4, 0.5) is 0 Å². The molecule has 3 heterocycles. The van der Waals surface area contributed by atoms with E-state index in [9.17, 15) is 0 Å². The summed E-state index contributed by atoms with van der Waals surface area (Å²) in [5.74, 6) is 0.771. The van der Waals surface area contributed by atoms with Crippen molar-refractivity contribution in [3.05, 3.63) is 35.9 Å². The maximum atomic E-state index is 5.34. The molecule has 0 bridgehead atoms. The lowest BCUT2D eigenvalue weighted by Gasteiger charge is -1.99. The van der Waals surface area contributed by atoms with Crippen molar-refractivity contribution in [2.45, 2.75) is 13.8 Å². The maximum Gasteiger partial charge on any atom is 0.180 e. The van der Waals surface area contributed by atoms with Gasteiger partial charge in [0.15, 0.2) is 11.4 Å². The number of methoxy groups -OCH3 is 1. The minimum Gasteiger partial charge on any atom is -0.493 e. The number of aryl methyl sites for hydroxylation is 2. The van der Waals surface area contributed by atoms with E-state index < -0.39 is 0 Å². The number of rotatable bonds is 2. The molecular weight excluding hydrogens is 240 g/mol. The van der Waals surface area contributed by atoms with Crippen molar-refractivity contribution in [3.8, 4) is 17.0 Å². The minimum absolute atomic E-state index is 0.771. The predicted octanol–water partition coefficient (Wildman–Crippen LogP) is 2.36. The highest BCUT2D eigenvalue weighted by atomic mass is 16.5. The van der Waals surface area contributed by atoms with Crippen LogP contribution in [0.2, 0.25) is 0 Å². The molecule has 3 aromatic heterocycles. The summed E-state index contributed by atoms with van der Waals surface area (Å²) in [5, 5.41) is 4.44. The molecule has 0 N–H and O–H groups in total. The third kappa shape index (κ3) is 1.69. The van der Waals surface area contributed by atoms with Crippen molar-refractivity contribution in [1.29, 1.82) is 0 Å². The smallest absolute Gasteiger partial charge is 0.180 e. The van der Waals surface area contributed by atoms with Crippen LogP contribution in [-0.2, 0) is 7.05 Å². The predicted molar refractivity (Wildman–Crippen MR) is 73.4 cm³/mol. The van der Waals surface area contributed by atoms with Gasteiger partial charge in [-0.15, -0.1) is 0 Å². The van der Waals surface area contributed by atoms with Gasteiger partial charge in [0.05, 0.1) is 18.5 Å². The SMILES string of the molecule is COc1cccn2cc(-c3c(C)nn(C)c3C)nc12. The van der Waals surface area contributed by atoms with Gasteiger partial charge in [-0.3, -0.25) is 4.68 Å². The molecular formula is C14H16N4O. The largest absolute Gasteiger partial charge is 0.493 e. The van der Waals surface area contributed by atoms with Gasteiger partial charge in [-0.25, -0.2) is 4.98 Å². The Balaban J connectivity index is 2.26. The molecule has 0 aliphatic rings. The number of aromatic nitrogens is 4. The fourth-order valence-corrected chi connectivity index (χ4v) is 2.41. The van der Waals surface area contributed by atoms with E-state index in [-0.39, 0.29) is 0 Å². The van der Waals surface area contributed by atoms with E-state index >= 15 is 0 Å². The zero-order valence-electron chi connectivity index (χ0n) is 11.5. The molecule has 0 unspecified atom stereocenters. The normalized spacial score (nSPS) is 11.2. The van der Waals surface area contributed by atoms with Crippen LogP contribution in [0, 0.1) is 13.8 Å². The van der Waals surface area contributed by atoms with Gasteiger partial charge in [-0.05, 0) is 26.0 Å². The van der Waals surface area contributed by atoms with Crippen molar-refractivity contribution in [2.24, 2.45) is 7.05 Å². The zero-order chi connectivity index (χ0) is 13.6. The third-order valence-electron chi connectivity index (χ3n) is 3.43. The highest BCUT2D eigenvalue weighted by Crippen LogP contribution is 2.28. The highest BCUT2D eigenvalue weighted by molar-refractivity contribution is 5.69. The van der Waals surface area contributed by atoms with Gasteiger partial charge in [0.2, 0.25) is 0 Å². The molecule has 0 aliphatic heterocycles. The summed E-state index contributed by atoms with van der Waals surface area (Å²) in [6, 6.07) is 3.86. The average molecular weight is 256 g/mol. The maximum absolute atomic E-state index is 5.34. The molecule has 0 atom stereocenters. The molecule has 0 spiro atoms. The van der Waals surface area contributed by atoms with Gasteiger partial charge in [-0.1, -0.05) is 0 Å². The van der Waals surface area contributed by atoms with Crippen molar-refractivity contribution in [2.75, 3.05) is 7.11 Å². The molecule has 0 saturated carbocycles. The van der Waals surface area contributed by atoms with Crippen molar-refractivity contribution >= 4 is 5.65 Å². The van der Waals surface area contributed by atoms with Crippen LogP contribution in [0.5, 0.6) is 5.75 Å². The van der Waals surface area contributed by atoms with E-state index in [0.29, 0.717) is 0 Å². The number of ether oxygens (including phenoxy) is 1. The van der Waals surface area contributed by atoms with Crippen LogP contribution in [0.15, 0.2) is 24.5 Å². The van der Waals surface area contributed by atoms with E-state index in [1.165, 1.54) is 0 Å². The fraction of sp³-hybridized carbons (Fsp3) is 0.286. The lowest BCUT2D eigenvalue weighted by Crippen LogP contribution is -1.92. The van der Waals surface area contributed by atoms with E-state index in [0.717, 1.165) is 34.0 Å². The first kappa shape index (κ1) is 11.8. The Morgan fingerprint density at radius 2 is 2.05 bits per heavy atom. The summed E-state index contributed by atoms with van der Waals surface area (Å²) in [4.78, 5) is 4.67. The van der Waals surface area contributed by atoms with Crippen LogP contribution in [-0.4, -0.2) is 26.3 Å². The van der Waals surface area contributed by atoms with Gasteiger partial charge >= 0.3 is 0 Å². The molecule has 0 amide bonds. The lowest BCUT2D eigenvalue weighted by atomic mass is 10.1. The molecule has 0 saturated heterocycles. The fourth-order valence-electron chi connectivity index (χ4n) is 2.41. The van der Waals surface area contributed by atoms with Crippen LogP contribution in [0.3, 0.4) is 0 Å². The number of hydrogen-bond donors (Lipinski definition) is 0. The van der Waals surface area contributed by atoms with Crippen molar-refractivity contribution < 1.29 is 4.74 Å². The summed E-state index contributed by atoms with van der Waals surface area (Å²) in [7, 11) is 3.60. The molecule has 0 aromatic carbocycles. The van der Waals surface area contributed by atoms with E-state index in [1.807, 2.05) is 47.6 Å². The summed E-state index contributed by atoms with van der Waals surface area (Å²) >= 11 is 0.